The molecule has 2 fully saturated rings. The van der Waals surface area contributed by atoms with Crippen molar-refractivity contribution < 1.29 is 19.8 Å². The highest BCUT2D eigenvalue weighted by Gasteiger charge is 2.38. The number of carbonyl (C=O) groups excluding carboxylic acids is 2. The lowest BCUT2D eigenvalue weighted by Crippen LogP contribution is -2.52. The summed E-state index contributed by atoms with van der Waals surface area (Å²) in [6.07, 6.45) is -1.25. The van der Waals surface area contributed by atoms with Gasteiger partial charge >= 0.3 is 0 Å². The second kappa shape index (κ2) is 11.5. The number of rotatable bonds is 7. The van der Waals surface area contributed by atoms with Crippen LogP contribution < -0.4 is 10.2 Å². The Labute approximate surface area is 212 Å². The molecule has 0 spiro atoms. The Morgan fingerprint density at radius 3 is 2.50 bits per heavy atom. The van der Waals surface area contributed by atoms with Crippen molar-refractivity contribution in [3.63, 3.8) is 0 Å². The van der Waals surface area contributed by atoms with Gasteiger partial charge in [0.05, 0.1) is 17.3 Å². The van der Waals surface area contributed by atoms with Crippen molar-refractivity contribution in [1.82, 2.24) is 10.2 Å². The van der Waals surface area contributed by atoms with Gasteiger partial charge in [-0.1, -0.05) is 49.4 Å². The van der Waals surface area contributed by atoms with Gasteiger partial charge in [0, 0.05) is 26.2 Å². The minimum Gasteiger partial charge on any atom is -0.380 e. The van der Waals surface area contributed by atoms with E-state index in [4.69, 9.17) is 0 Å². The van der Waals surface area contributed by atoms with E-state index in [0.29, 0.717) is 18.7 Å². The van der Waals surface area contributed by atoms with Crippen LogP contribution in [0.3, 0.4) is 0 Å². The summed E-state index contributed by atoms with van der Waals surface area (Å²) < 4.78 is 0. The van der Waals surface area contributed by atoms with Crippen molar-refractivity contribution in [2.24, 2.45) is 11.8 Å². The Bertz CT molecular complexity index is 1100. The number of nitriles is 1. The molecule has 2 aromatic carbocycles. The normalized spacial score (nSPS) is 23.6. The maximum absolute atomic E-state index is 13.0. The van der Waals surface area contributed by atoms with Crippen molar-refractivity contribution >= 4 is 17.5 Å². The quantitative estimate of drug-likeness (QED) is 0.548. The molecule has 2 aromatic rings. The van der Waals surface area contributed by atoms with Crippen LogP contribution in [0, 0.1) is 23.2 Å². The number of hydrogen-bond acceptors (Lipinski definition) is 6. The van der Waals surface area contributed by atoms with Crippen molar-refractivity contribution in [3.05, 3.63) is 65.7 Å². The van der Waals surface area contributed by atoms with Crippen LogP contribution in [0.15, 0.2) is 54.6 Å². The molecule has 0 radical (unpaired) electrons. The summed E-state index contributed by atoms with van der Waals surface area (Å²) >= 11 is 0. The van der Waals surface area contributed by atoms with Gasteiger partial charge in [-0.05, 0) is 48.8 Å². The first-order chi connectivity index (χ1) is 17.4. The van der Waals surface area contributed by atoms with Crippen LogP contribution in [0.5, 0.6) is 0 Å². The van der Waals surface area contributed by atoms with Gasteiger partial charge in [-0.25, -0.2) is 0 Å². The number of aliphatic hydroxyl groups is 2. The van der Waals surface area contributed by atoms with Crippen molar-refractivity contribution in [3.8, 4) is 6.07 Å². The lowest BCUT2D eigenvalue weighted by atomic mass is 9.86. The van der Waals surface area contributed by atoms with Gasteiger partial charge in [0.1, 0.15) is 6.07 Å². The van der Waals surface area contributed by atoms with Gasteiger partial charge < -0.3 is 25.3 Å². The minimum atomic E-state index is -1.83. The highest BCUT2D eigenvalue weighted by Crippen LogP contribution is 2.32. The molecule has 8 nitrogen and oxygen atoms in total. The van der Waals surface area contributed by atoms with E-state index >= 15 is 0 Å². The Hall–Kier alpha value is -3.41. The maximum atomic E-state index is 13.0. The molecule has 2 amide bonds. The molecule has 190 valence electrons. The molecular formula is C28H34N4O4. The van der Waals surface area contributed by atoms with E-state index in [9.17, 15) is 25.1 Å². The number of likely N-dealkylation sites (tertiary alicyclic amines) is 1. The van der Waals surface area contributed by atoms with Crippen molar-refractivity contribution in [1.29, 1.82) is 5.26 Å². The van der Waals surface area contributed by atoms with Crippen LogP contribution in [-0.4, -0.2) is 65.3 Å². The molecule has 2 saturated heterocycles. The van der Waals surface area contributed by atoms with Crippen LogP contribution in [0.25, 0.3) is 0 Å². The summed E-state index contributed by atoms with van der Waals surface area (Å²) in [4.78, 5) is 29.4. The molecule has 2 heterocycles. The third kappa shape index (κ3) is 5.53. The topological polar surface area (TPSA) is 117 Å². The van der Waals surface area contributed by atoms with Gasteiger partial charge in [0.15, 0.2) is 12.2 Å². The Kier molecular flexibility index (Phi) is 8.24. The molecule has 0 saturated carbocycles. The van der Waals surface area contributed by atoms with Crippen LogP contribution in [-0.2, 0) is 9.59 Å². The van der Waals surface area contributed by atoms with Crippen LogP contribution in [0.1, 0.15) is 43.4 Å². The number of aliphatic hydroxyl groups excluding tert-OH is 2. The monoisotopic (exact) mass is 490 g/mol. The summed E-state index contributed by atoms with van der Waals surface area (Å²) in [6.45, 7) is 4.43. The first-order valence-electron chi connectivity index (χ1n) is 12.6. The molecule has 5 atom stereocenters. The summed E-state index contributed by atoms with van der Waals surface area (Å²) in [5.74, 6) is -0.941. The number of nitrogens with one attached hydrogen (secondary N) is 1. The maximum Gasteiger partial charge on any atom is 0.255 e. The minimum absolute atomic E-state index is 0.166. The zero-order valence-electron chi connectivity index (χ0n) is 20.6. The molecule has 8 heteroatoms. The van der Waals surface area contributed by atoms with Gasteiger partial charge in [0.2, 0.25) is 0 Å². The van der Waals surface area contributed by atoms with Crippen LogP contribution in [0.4, 0.5) is 5.69 Å². The van der Waals surface area contributed by atoms with Crippen molar-refractivity contribution in [2.45, 2.75) is 44.4 Å². The summed E-state index contributed by atoms with van der Waals surface area (Å²) in [5.41, 5.74) is 2.54. The van der Waals surface area contributed by atoms with E-state index < -0.39 is 24.0 Å². The number of para-hydroxylation sites is 1. The second-order valence-electron chi connectivity index (χ2n) is 9.84. The van der Waals surface area contributed by atoms with Gasteiger partial charge in [-0.15, -0.1) is 0 Å². The van der Waals surface area contributed by atoms with Gasteiger partial charge in [0.25, 0.3) is 11.8 Å². The molecule has 0 bridgehead atoms. The van der Waals surface area contributed by atoms with Gasteiger partial charge in [-0.2, -0.15) is 5.26 Å². The number of hydrogen-bond donors (Lipinski definition) is 3. The molecule has 36 heavy (non-hydrogen) atoms. The molecule has 0 aliphatic carbocycles. The van der Waals surface area contributed by atoms with Gasteiger partial charge in [-0.3, -0.25) is 9.59 Å². The molecule has 1 unspecified atom stereocenters. The third-order valence-corrected chi connectivity index (χ3v) is 7.53. The van der Waals surface area contributed by atoms with E-state index in [1.54, 1.807) is 4.90 Å². The Morgan fingerprint density at radius 2 is 1.78 bits per heavy atom. The predicted molar refractivity (Wildman–Crippen MR) is 136 cm³/mol. The standard InChI is InChI=1S/C28H34N4O4/c1-19-18-31(23-11-6-5-10-21(23)16-29)15-13-22(19)17-30-27(35)25(33)26(34)28(36)32-14-7-12-24(32)20-8-3-2-4-9-20/h2-6,8-11,19,22,24-26,33-34H,7,12-15,17-18H2,1H3,(H,30,35)/t19-,22?,24-,25-,26-/m1/s1. The van der Waals surface area contributed by atoms with E-state index in [-0.39, 0.29) is 17.9 Å². The number of carbonyl (C=O) groups is 2. The van der Waals surface area contributed by atoms with E-state index in [1.165, 1.54) is 0 Å². The molecule has 2 aliphatic heterocycles. The van der Waals surface area contributed by atoms with Crippen molar-refractivity contribution in [2.75, 3.05) is 31.1 Å². The fourth-order valence-electron chi connectivity index (χ4n) is 5.40. The average molecular weight is 491 g/mol. The number of anilines is 1. The highest BCUT2D eigenvalue weighted by molar-refractivity contribution is 5.91. The smallest absolute Gasteiger partial charge is 0.255 e. The zero-order chi connectivity index (χ0) is 25.7. The van der Waals surface area contributed by atoms with E-state index in [1.807, 2.05) is 54.6 Å². The fraction of sp³-hybridized carbons (Fsp3) is 0.464. The van der Waals surface area contributed by atoms with Crippen LogP contribution >= 0.6 is 0 Å². The lowest BCUT2D eigenvalue weighted by molar-refractivity contribution is -0.153. The number of nitrogens with zero attached hydrogens (tertiary/aromatic N) is 3. The molecule has 4 rings (SSSR count). The third-order valence-electron chi connectivity index (χ3n) is 7.53. The summed E-state index contributed by atoms with van der Waals surface area (Å²) in [7, 11) is 0. The molecule has 3 N–H and O–H groups in total. The fourth-order valence-corrected chi connectivity index (χ4v) is 5.40. The SMILES string of the molecule is C[C@@H]1CN(c2ccccc2C#N)CCC1CNC(=O)[C@H](O)[C@@H](O)C(=O)N1CCC[C@@H]1c1ccccc1. The predicted octanol–water partition coefficient (Wildman–Crippen LogP) is 2.22. The first-order valence-corrected chi connectivity index (χ1v) is 12.6. The highest BCUT2D eigenvalue weighted by atomic mass is 16.3. The average Bonchev–Trinajstić information content (AvgIpc) is 3.41. The summed E-state index contributed by atoms with van der Waals surface area (Å²) in [5, 5.41) is 33.1. The molecular weight excluding hydrogens is 456 g/mol. The second-order valence-corrected chi connectivity index (χ2v) is 9.84. The molecule has 2 aliphatic rings. The molecule has 0 aromatic heterocycles. The van der Waals surface area contributed by atoms with E-state index in [2.05, 4.69) is 23.2 Å². The lowest BCUT2D eigenvalue weighted by Gasteiger charge is -2.38. The first kappa shape index (κ1) is 25.7. The van der Waals surface area contributed by atoms with Crippen LogP contribution in [0.2, 0.25) is 0 Å². The number of benzene rings is 2. The number of piperidine rings is 1. The largest absolute Gasteiger partial charge is 0.380 e. The summed E-state index contributed by atoms with van der Waals surface area (Å²) in [6, 6.07) is 19.2. The number of amides is 2. The Morgan fingerprint density at radius 1 is 1.06 bits per heavy atom. The van der Waals surface area contributed by atoms with E-state index in [0.717, 1.165) is 43.6 Å². The Balaban J connectivity index is 1.29. The zero-order valence-corrected chi connectivity index (χ0v) is 20.6.